The number of likely N-dealkylation sites (tertiary alicyclic amines) is 1. The maximum atomic E-state index is 12.2. The molecule has 2 amide bonds. The van der Waals surface area contributed by atoms with Crippen molar-refractivity contribution in [3.8, 4) is 0 Å². The molecule has 20 heavy (non-hydrogen) atoms. The third-order valence-corrected chi connectivity index (χ3v) is 3.75. The molecule has 0 saturated carbocycles. The van der Waals surface area contributed by atoms with Gasteiger partial charge in [-0.05, 0) is 31.0 Å². The van der Waals surface area contributed by atoms with Crippen LogP contribution in [0.4, 0.5) is 5.69 Å². The molecule has 1 fully saturated rings. The Labute approximate surface area is 123 Å². The van der Waals surface area contributed by atoms with E-state index in [1.54, 1.807) is 24.1 Å². The first-order valence-electron chi connectivity index (χ1n) is 6.57. The molecule has 1 aromatic rings. The zero-order chi connectivity index (χ0) is 14.7. The molecule has 0 spiro atoms. The fourth-order valence-electron chi connectivity index (χ4n) is 2.22. The molecule has 0 radical (unpaired) electrons. The van der Waals surface area contributed by atoms with E-state index >= 15 is 0 Å². The predicted molar refractivity (Wildman–Crippen MR) is 78.6 cm³/mol. The minimum Gasteiger partial charge on any atom is -0.398 e. The molecule has 0 unspecified atom stereocenters. The van der Waals surface area contributed by atoms with Gasteiger partial charge in [-0.3, -0.25) is 9.59 Å². The molecule has 1 aliphatic heterocycles. The molecule has 5 nitrogen and oxygen atoms in total. The lowest BCUT2D eigenvalue weighted by molar-refractivity contribution is -0.130. The molecular formula is C14H18ClN3O2. The number of hydrogen-bond donors (Lipinski definition) is 1. The van der Waals surface area contributed by atoms with Gasteiger partial charge in [-0.1, -0.05) is 11.6 Å². The summed E-state index contributed by atoms with van der Waals surface area (Å²) < 4.78 is 0. The first-order valence-corrected chi connectivity index (χ1v) is 6.95. The van der Waals surface area contributed by atoms with E-state index in [1.165, 1.54) is 11.0 Å². The Morgan fingerprint density at radius 1 is 1.35 bits per heavy atom. The fraction of sp³-hybridized carbons (Fsp3) is 0.429. The van der Waals surface area contributed by atoms with E-state index in [9.17, 15) is 9.59 Å². The summed E-state index contributed by atoms with van der Waals surface area (Å²) in [5, 5.41) is 0.343. The summed E-state index contributed by atoms with van der Waals surface area (Å²) in [5.74, 6) is -0.251. The van der Waals surface area contributed by atoms with Crippen molar-refractivity contribution in [3.63, 3.8) is 0 Å². The molecule has 1 aromatic carbocycles. The lowest BCUT2D eigenvalue weighted by Crippen LogP contribution is -2.39. The monoisotopic (exact) mass is 295 g/mol. The fourth-order valence-corrected chi connectivity index (χ4v) is 2.40. The third kappa shape index (κ3) is 3.22. The van der Waals surface area contributed by atoms with Gasteiger partial charge in [0.1, 0.15) is 0 Å². The quantitative estimate of drug-likeness (QED) is 0.862. The third-order valence-electron chi connectivity index (χ3n) is 3.43. The second-order valence-corrected chi connectivity index (χ2v) is 5.39. The Hall–Kier alpha value is -1.75. The van der Waals surface area contributed by atoms with E-state index in [2.05, 4.69) is 0 Å². The Morgan fingerprint density at radius 3 is 2.60 bits per heavy atom. The summed E-state index contributed by atoms with van der Waals surface area (Å²) in [6.45, 7) is 1.66. The number of nitrogens with two attached hydrogens (primary N) is 1. The average molecular weight is 296 g/mol. The second kappa shape index (κ2) is 6.13. The molecule has 0 aliphatic carbocycles. The van der Waals surface area contributed by atoms with Gasteiger partial charge in [0, 0.05) is 25.7 Å². The van der Waals surface area contributed by atoms with Crippen LogP contribution in [0.5, 0.6) is 0 Å². The molecule has 1 heterocycles. The van der Waals surface area contributed by atoms with Crippen LogP contribution in [-0.2, 0) is 4.79 Å². The highest BCUT2D eigenvalue weighted by atomic mass is 35.5. The van der Waals surface area contributed by atoms with Gasteiger partial charge in [0.15, 0.2) is 0 Å². The van der Waals surface area contributed by atoms with Gasteiger partial charge in [-0.2, -0.15) is 0 Å². The minimum absolute atomic E-state index is 0.0140. The van der Waals surface area contributed by atoms with Crippen LogP contribution in [0.3, 0.4) is 0 Å². The first kappa shape index (κ1) is 14.7. The van der Waals surface area contributed by atoms with Crippen LogP contribution < -0.4 is 5.73 Å². The zero-order valence-electron chi connectivity index (χ0n) is 11.4. The van der Waals surface area contributed by atoms with Crippen LogP contribution in [0.2, 0.25) is 5.02 Å². The van der Waals surface area contributed by atoms with Crippen LogP contribution in [0.1, 0.15) is 23.2 Å². The number of anilines is 1. The van der Waals surface area contributed by atoms with Gasteiger partial charge in [-0.15, -0.1) is 0 Å². The molecule has 2 N–H and O–H groups in total. The van der Waals surface area contributed by atoms with Gasteiger partial charge in [-0.25, -0.2) is 0 Å². The van der Waals surface area contributed by atoms with E-state index in [4.69, 9.17) is 17.3 Å². The van der Waals surface area contributed by atoms with Crippen molar-refractivity contribution >= 4 is 29.1 Å². The molecule has 1 saturated heterocycles. The maximum absolute atomic E-state index is 12.2. The summed E-state index contributed by atoms with van der Waals surface area (Å²) >= 11 is 5.90. The van der Waals surface area contributed by atoms with E-state index in [0.29, 0.717) is 16.3 Å². The molecule has 0 aromatic heterocycles. The van der Waals surface area contributed by atoms with Crippen molar-refractivity contribution < 1.29 is 9.59 Å². The van der Waals surface area contributed by atoms with Crippen molar-refractivity contribution in [1.82, 2.24) is 9.80 Å². The number of halogens is 1. The van der Waals surface area contributed by atoms with E-state index in [1.807, 2.05) is 0 Å². The van der Waals surface area contributed by atoms with Gasteiger partial charge in [0.2, 0.25) is 5.91 Å². The predicted octanol–water partition coefficient (Wildman–Crippen LogP) is 1.62. The van der Waals surface area contributed by atoms with Crippen LogP contribution in [0, 0.1) is 0 Å². The Morgan fingerprint density at radius 2 is 2.00 bits per heavy atom. The van der Waals surface area contributed by atoms with E-state index < -0.39 is 0 Å². The van der Waals surface area contributed by atoms with Crippen LogP contribution >= 0.6 is 11.6 Å². The summed E-state index contributed by atoms with van der Waals surface area (Å²) in [6, 6.07) is 4.72. The minimum atomic E-state index is -0.237. The standard InChI is InChI=1S/C14H18ClN3O2/c1-17(9-13(19)18-6-2-3-7-18)14(20)10-4-5-12(16)11(15)8-10/h4-5,8H,2-3,6-7,9,16H2,1H3. The number of hydrogen-bond acceptors (Lipinski definition) is 3. The number of carbonyl (C=O) groups is 2. The SMILES string of the molecule is CN(CC(=O)N1CCCC1)C(=O)c1ccc(N)c(Cl)c1. The topological polar surface area (TPSA) is 66.6 Å². The number of amides is 2. The highest BCUT2D eigenvalue weighted by molar-refractivity contribution is 6.33. The Bertz CT molecular complexity index is 527. The maximum Gasteiger partial charge on any atom is 0.254 e. The highest BCUT2D eigenvalue weighted by Crippen LogP contribution is 2.20. The van der Waals surface area contributed by atoms with Gasteiger partial charge < -0.3 is 15.5 Å². The van der Waals surface area contributed by atoms with Gasteiger partial charge >= 0.3 is 0 Å². The van der Waals surface area contributed by atoms with E-state index in [-0.39, 0.29) is 18.4 Å². The summed E-state index contributed by atoms with van der Waals surface area (Å²) in [6.07, 6.45) is 2.08. The van der Waals surface area contributed by atoms with Crippen LogP contribution in [-0.4, -0.2) is 48.3 Å². The second-order valence-electron chi connectivity index (χ2n) is 4.99. The molecule has 108 valence electrons. The number of carbonyl (C=O) groups excluding carboxylic acids is 2. The van der Waals surface area contributed by atoms with Crippen molar-refractivity contribution in [1.29, 1.82) is 0 Å². The number of benzene rings is 1. The smallest absolute Gasteiger partial charge is 0.254 e. The Balaban J connectivity index is 2.00. The zero-order valence-corrected chi connectivity index (χ0v) is 12.2. The number of likely N-dealkylation sites (N-methyl/N-ethyl adjacent to an activating group) is 1. The van der Waals surface area contributed by atoms with Gasteiger partial charge in [0.25, 0.3) is 5.91 Å². The number of nitrogen functional groups attached to an aromatic ring is 1. The lowest BCUT2D eigenvalue weighted by atomic mass is 10.2. The molecule has 1 aliphatic rings. The summed E-state index contributed by atoms with van der Waals surface area (Å²) in [4.78, 5) is 27.4. The van der Waals surface area contributed by atoms with E-state index in [0.717, 1.165) is 25.9 Å². The Kier molecular flexibility index (Phi) is 4.49. The van der Waals surface area contributed by atoms with Gasteiger partial charge in [0.05, 0.1) is 17.3 Å². The summed E-state index contributed by atoms with van der Waals surface area (Å²) in [5.41, 5.74) is 6.47. The molecule has 0 bridgehead atoms. The molecular weight excluding hydrogens is 278 g/mol. The first-order chi connectivity index (χ1) is 9.49. The highest BCUT2D eigenvalue weighted by Gasteiger charge is 2.21. The van der Waals surface area contributed by atoms with Crippen molar-refractivity contribution in [2.24, 2.45) is 0 Å². The number of rotatable bonds is 3. The lowest BCUT2D eigenvalue weighted by Gasteiger charge is -2.21. The van der Waals surface area contributed by atoms with Crippen molar-refractivity contribution in [2.45, 2.75) is 12.8 Å². The number of nitrogens with zero attached hydrogens (tertiary/aromatic N) is 2. The largest absolute Gasteiger partial charge is 0.398 e. The van der Waals surface area contributed by atoms with Crippen LogP contribution in [0.25, 0.3) is 0 Å². The van der Waals surface area contributed by atoms with Crippen molar-refractivity contribution in [2.75, 3.05) is 32.4 Å². The van der Waals surface area contributed by atoms with Crippen LogP contribution in [0.15, 0.2) is 18.2 Å². The molecule has 0 atom stereocenters. The molecule has 2 rings (SSSR count). The average Bonchev–Trinajstić information content (AvgIpc) is 2.95. The normalized spacial score (nSPS) is 14.4. The van der Waals surface area contributed by atoms with Crippen molar-refractivity contribution in [3.05, 3.63) is 28.8 Å². The summed E-state index contributed by atoms with van der Waals surface area (Å²) in [7, 11) is 1.61. The molecule has 6 heteroatoms.